The monoisotopic (exact) mass is 664 g/mol. The van der Waals surface area contributed by atoms with Crippen LogP contribution in [0.4, 0.5) is 5.69 Å². The molecule has 218 valence electrons. The molecule has 1 aromatic heterocycles. The zero-order chi connectivity index (χ0) is 29.4. The molecule has 1 saturated heterocycles. The minimum Gasteiger partial charge on any atom is -0.480 e. The molecule has 0 aliphatic carbocycles. The highest BCUT2D eigenvalue weighted by molar-refractivity contribution is 9.10. The number of halogens is 2. The summed E-state index contributed by atoms with van der Waals surface area (Å²) >= 11 is 11.2. The minimum atomic E-state index is -0.814. The highest BCUT2D eigenvalue weighted by atomic mass is 79.9. The number of nitrogens with zero attached hydrogens (tertiary/aromatic N) is 1. The Morgan fingerprint density at radius 2 is 1.85 bits per heavy atom. The molecule has 3 aromatic rings. The van der Waals surface area contributed by atoms with E-state index in [1.54, 1.807) is 37.3 Å². The van der Waals surface area contributed by atoms with Crippen molar-refractivity contribution >= 4 is 62.6 Å². The van der Waals surface area contributed by atoms with Crippen molar-refractivity contribution in [1.29, 1.82) is 0 Å². The van der Waals surface area contributed by atoms with Crippen LogP contribution in [0.25, 0.3) is 10.4 Å². The van der Waals surface area contributed by atoms with Crippen molar-refractivity contribution in [2.24, 2.45) is 5.92 Å². The molecule has 12 heteroatoms. The molecule has 0 bridgehead atoms. The molecule has 0 saturated carbocycles. The first kappa shape index (κ1) is 30.8. The maximum absolute atomic E-state index is 13.6. The Balaban J connectivity index is 1.63. The fourth-order valence-electron chi connectivity index (χ4n) is 4.42. The Hall–Kier alpha value is -3.12. The predicted octanol–water partition coefficient (Wildman–Crippen LogP) is 5.84. The molecule has 1 fully saturated rings. The quantitative estimate of drug-likeness (QED) is 0.201. The van der Waals surface area contributed by atoms with Gasteiger partial charge in [0.25, 0.3) is 5.91 Å². The van der Waals surface area contributed by atoms with Crippen LogP contribution >= 0.6 is 39.0 Å². The van der Waals surface area contributed by atoms with Crippen LogP contribution in [0.5, 0.6) is 11.5 Å². The minimum absolute atomic E-state index is 0.0420. The second-order valence-electron chi connectivity index (χ2n) is 9.10. The highest BCUT2D eigenvalue weighted by Crippen LogP contribution is 2.46. The average molecular weight is 666 g/mol. The summed E-state index contributed by atoms with van der Waals surface area (Å²) in [6.45, 7) is 3.09. The summed E-state index contributed by atoms with van der Waals surface area (Å²) in [6.07, 6.45) is 0.705. The van der Waals surface area contributed by atoms with Gasteiger partial charge in [-0.2, -0.15) is 0 Å². The number of ether oxygens (including phenoxy) is 4. The summed E-state index contributed by atoms with van der Waals surface area (Å²) in [5, 5.41) is 3.32. The Labute approximate surface area is 255 Å². The number of carbonyl (C=O) groups excluding carboxylic acids is 3. The molecule has 2 heterocycles. The number of methoxy groups -OCH3 is 1. The molecule has 2 aromatic carbocycles. The number of para-hydroxylation sites is 1. The van der Waals surface area contributed by atoms with Crippen LogP contribution in [0, 0.1) is 5.92 Å². The zero-order valence-electron chi connectivity index (χ0n) is 22.6. The lowest BCUT2D eigenvalue weighted by Crippen LogP contribution is -2.46. The molecular formula is C29H30BrClN2O7S. The number of carbonyl (C=O) groups is 3. The number of esters is 2. The molecule has 0 radical (unpaired) electrons. The van der Waals surface area contributed by atoms with Gasteiger partial charge in [-0.1, -0.05) is 30.3 Å². The van der Waals surface area contributed by atoms with E-state index in [9.17, 15) is 14.4 Å². The van der Waals surface area contributed by atoms with E-state index < -0.39 is 18.0 Å². The van der Waals surface area contributed by atoms with Gasteiger partial charge >= 0.3 is 11.9 Å². The van der Waals surface area contributed by atoms with Gasteiger partial charge in [-0.25, -0.2) is 14.0 Å². The van der Waals surface area contributed by atoms with E-state index in [0.29, 0.717) is 26.4 Å². The van der Waals surface area contributed by atoms with Crippen molar-refractivity contribution < 1.29 is 33.3 Å². The van der Waals surface area contributed by atoms with Crippen LogP contribution in [-0.2, 0) is 19.1 Å². The maximum Gasteiger partial charge on any atom is 0.351 e. The lowest BCUT2D eigenvalue weighted by molar-refractivity contribution is -0.145. The fourth-order valence-corrected chi connectivity index (χ4v) is 6.60. The van der Waals surface area contributed by atoms with Gasteiger partial charge in [0.05, 0.1) is 28.8 Å². The third kappa shape index (κ3) is 7.59. The SMILES string of the molecule is CCOC(=O)COc1c(C(=O)OC)sc(-c2cccc(OC(C(=O)N(Cl)c3ccccc3)C3CCNCC3)c2)c1Br. The smallest absolute Gasteiger partial charge is 0.351 e. The summed E-state index contributed by atoms with van der Waals surface area (Å²) in [4.78, 5) is 38.9. The third-order valence-corrected chi connectivity index (χ3v) is 8.99. The van der Waals surface area contributed by atoms with Gasteiger partial charge in [0.2, 0.25) is 0 Å². The van der Waals surface area contributed by atoms with Crippen molar-refractivity contribution in [3.8, 4) is 21.9 Å². The summed E-state index contributed by atoms with van der Waals surface area (Å²) in [5.41, 5.74) is 1.27. The lowest BCUT2D eigenvalue weighted by atomic mass is 9.91. The Bertz CT molecular complexity index is 1360. The number of rotatable bonds is 11. The van der Waals surface area contributed by atoms with E-state index >= 15 is 0 Å². The number of thiophene rings is 1. The molecule has 1 unspecified atom stereocenters. The van der Waals surface area contributed by atoms with E-state index in [0.717, 1.165) is 41.7 Å². The first-order valence-electron chi connectivity index (χ1n) is 13.1. The second kappa shape index (κ2) is 14.7. The number of hydrogen-bond donors (Lipinski definition) is 1. The maximum atomic E-state index is 13.6. The van der Waals surface area contributed by atoms with E-state index in [1.165, 1.54) is 7.11 Å². The van der Waals surface area contributed by atoms with Gasteiger partial charge in [0.1, 0.15) is 5.75 Å². The first-order chi connectivity index (χ1) is 19.8. The highest BCUT2D eigenvalue weighted by Gasteiger charge is 2.35. The number of benzene rings is 2. The van der Waals surface area contributed by atoms with Crippen molar-refractivity contribution in [3.63, 3.8) is 0 Å². The largest absolute Gasteiger partial charge is 0.480 e. The van der Waals surface area contributed by atoms with Crippen LogP contribution in [0.2, 0.25) is 0 Å². The molecule has 0 spiro atoms. The summed E-state index contributed by atoms with van der Waals surface area (Å²) < 4.78 is 23.5. The van der Waals surface area contributed by atoms with E-state index in [2.05, 4.69) is 21.2 Å². The molecule has 1 atom stereocenters. The molecule has 1 N–H and O–H groups in total. The molecule has 1 aliphatic heterocycles. The Kier molecular flexibility index (Phi) is 11.0. The third-order valence-electron chi connectivity index (χ3n) is 6.41. The number of nitrogens with one attached hydrogen (secondary N) is 1. The van der Waals surface area contributed by atoms with E-state index in [4.69, 9.17) is 30.7 Å². The Morgan fingerprint density at radius 3 is 2.54 bits per heavy atom. The fraction of sp³-hybridized carbons (Fsp3) is 0.345. The van der Waals surface area contributed by atoms with Crippen LogP contribution in [-0.4, -0.2) is 57.4 Å². The second-order valence-corrected chi connectivity index (χ2v) is 11.2. The van der Waals surface area contributed by atoms with Gasteiger partial charge in [-0.05, 0) is 78.6 Å². The van der Waals surface area contributed by atoms with Crippen LogP contribution < -0.4 is 19.2 Å². The summed E-state index contributed by atoms with van der Waals surface area (Å²) in [6, 6.07) is 16.2. The van der Waals surface area contributed by atoms with Crippen molar-refractivity contribution in [1.82, 2.24) is 5.32 Å². The zero-order valence-corrected chi connectivity index (χ0v) is 25.7. The first-order valence-corrected chi connectivity index (χ1v) is 15.0. The molecule has 1 amide bonds. The van der Waals surface area contributed by atoms with Gasteiger partial charge in [0.15, 0.2) is 23.3 Å². The average Bonchev–Trinajstić information content (AvgIpc) is 3.34. The number of hydrogen-bond acceptors (Lipinski definition) is 9. The van der Waals surface area contributed by atoms with Crippen LogP contribution in [0.3, 0.4) is 0 Å². The van der Waals surface area contributed by atoms with Crippen LogP contribution in [0.1, 0.15) is 29.4 Å². The van der Waals surface area contributed by atoms with Gasteiger partial charge in [-0.3, -0.25) is 4.79 Å². The molecule has 1 aliphatic rings. The summed E-state index contributed by atoms with van der Waals surface area (Å²) in [5.74, 6) is -0.912. The van der Waals surface area contributed by atoms with Gasteiger partial charge < -0.3 is 24.3 Å². The molecule has 9 nitrogen and oxygen atoms in total. The topological polar surface area (TPSA) is 103 Å². The number of anilines is 1. The van der Waals surface area contributed by atoms with Crippen molar-refractivity contribution in [2.45, 2.75) is 25.9 Å². The molecular weight excluding hydrogens is 636 g/mol. The van der Waals surface area contributed by atoms with Gasteiger partial charge in [-0.15, -0.1) is 11.3 Å². The Morgan fingerprint density at radius 1 is 1.12 bits per heavy atom. The number of amides is 1. The lowest BCUT2D eigenvalue weighted by Gasteiger charge is -2.31. The normalized spacial score (nSPS) is 14.1. The molecule has 4 rings (SSSR count). The summed E-state index contributed by atoms with van der Waals surface area (Å²) in [7, 11) is 1.27. The predicted molar refractivity (Wildman–Crippen MR) is 161 cm³/mol. The number of piperidine rings is 1. The van der Waals surface area contributed by atoms with Crippen LogP contribution in [0.15, 0.2) is 59.1 Å². The molecule has 41 heavy (non-hydrogen) atoms. The standard InChI is InChI=1S/C29H30BrClN2O7S/c1-3-38-22(34)17-39-25-23(30)26(41-27(25)29(36)37-2)19-8-7-11-21(16-19)40-24(18-12-14-32-15-13-18)28(35)33(31)20-9-5-4-6-10-20/h4-11,16,18,24,32H,3,12-15,17H2,1-2H3. The van der Waals surface area contributed by atoms with Crippen molar-refractivity contribution in [3.05, 3.63) is 63.9 Å². The van der Waals surface area contributed by atoms with E-state index in [-0.39, 0.29) is 35.7 Å². The van der Waals surface area contributed by atoms with E-state index in [1.807, 2.05) is 24.3 Å². The van der Waals surface area contributed by atoms with Gasteiger partial charge in [0, 0.05) is 17.7 Å². The van der Waals surface area contributed by atoms with Crippen molar-refractivity contribution in [2.75, 3.05) is 37.8 Å².